The normalized spacial score (nSPS) is 17.7. The van der Waals surface area contributed by atoms with Crippen LogP contribution >= 0.6 is 11.6 Å². The van der Waals surface area contributed by atoms with Crippen LogP contribution in [0.3, 0.4) is 0 Å². The van der Waals surface area contributed by atoms with Gasteiger partial charge in [-0.3, -0.25) is 14.4 Å². The first-order chi connectivity index (χ1) is 17.4. The zero-order valence-electron chi connectivity index (χ0n) is 21.4. The van der Waals surface area contributed by atoms with Crippen LogP contribution in [-0.4, -0.2) is 38.7 Å². The Morgan fingerprint density at radius 1 is 1.19 bits per heavy atom. The van der Waals surface area contributed by atoms with E-state index in [1.54, 1.807) is 6.20 Å². The van der Waals surface area contributed by atoms with Gasteiger partial charge >= 0.3 is 6.18 Å². The molecule has 3 aromatic rings. The fourth-order valence-electron chi connectivity index (χ4n) is 5.34. The quantitative estimate of drug-likeness (QED) is 0.357. The average molecular weight is 533 g/mol. The number of alkyl halides is 3. The Morgan fingerprint density at radius 3 is 2.54 bits per heavy atom. The number of likely N-dealkylation sites (tertiary alicyclic amines) is 1. The van der Waals surface area contributed by atoms with Gasteiger partial charge in [0.2, 0.25) is 0 Å². The van der Waals surface area contributed by atoms with Crippen molar-refractivity contribution in [2.45, 2.75) is 70.9 Å². The minimum Gasteiger partial charge on any atom is -0.343 e. The number of nitrogens with one attached hydrogen (secondary N) is 1. The third kappa shape index (κ3) is 5.55. The molecule has 0 aliphatic carbocycles. The van der Waals surface area contributed by atoms with E-state index in [9.17, 15) is 18.0 Å². The molecule has 1 aliphatic rings. The van der Waals surface area contributed by atoms with Crippen molar-refractivity contribution in [1.82, 2.24) is 20.0 Å². The van der Waals surface area contributed by atoms with Gasteiger partial charge in [0.1, 0.15) is 0 Å². The van der Waals surface area contributed by atoms with E-state index in [1.807, 2.05) is 42.1 Å². The van der Waals surface area contributed by atoms with Gasteiger partial charge in [0, 0.05) is 29.9 Å². The lowest BCUT2D eigenvalue weighted by Crippen LogP contribution is -2.54. The molecule has 1 amide bonds. The Kier molecular flexibility index (Phi) is 7.72. The molecule has 1 N–H and O–H groups in total. The molecule has 5 nitrogen and oxygen atoms in total. The zero-order chi connectivity index (χ0) is 27.0. The van der Waals surface area contributed by atoms with Crippen molar-refractivity contribution in [3.05, 3.63) is 76.6 Å². The fourth-order valence-corrected chi connectivity index (χ4v) is 5.66. The summed E-state index contributed by atoms with van der Waals surface area (Å²) in [7, 11) is 0. The number of carbonyl (C=O) groups excluding carboxylic acids is 1. The van der Waals surface area contributed by atoms with Crippen LogP contribution in [-0.2, 0) is 12.7 Å². The molecule has 0 bridgehead atoms. The molecule has 37 heavy (non-hydrogen) atoms. The average Bonchev–Trinajstić information content (AvgIpc) is 3.51. The second kappa shape index (κ2) is 10.5. The van der Waals surface area contributed by atoms with Crippen LogP contribution in [0.2, 0.25) is 5.02 Å². The summed E-state index contributed by atoms with van der Waals surface area (Å²) in [6.45, 7) is 9.92. The summed E-state index contributed by atoms with van der Waals surface area (Å²) in [5.74, 6) is -0.648. The van der Waals surface area contributed by atoms with Gasteiger partial charge in [-0.2, -0.15) is 18.3 Å². The summed E-state index contributed by atoms with van der Waals surface area (Å²) in [5.41, 5.74) is 0.974. The minimum absolute atomic E-state index is 0.202. The van der Waals surface area contributed by atoms with E-state index in [0.29, 0.717) is 6.04 Å². The first kappa shape index (κ1) is 27.2. The number of halogens is 4. The molecule has 1 saturated heterocycles. The predicted molar refractivity (Wildman–Crippen MR) is 139 cm³/mol. The van der Waals surface area contributed by atoms with Crippen molar-refractivity contribution >= 4 is 17.5 Å². The van der Waals surface area contributed by atoms with E-state index in [4.69, 9.17) is 11.6 Å². The van der Waals surface area contributed by atoms with Crippen molar-refractivity contribution < 1.29 is 18.0 Å². The maximum Gasteiger partial charge on any atom is 0.417 e. The molecule has 2 unspecified atom stereocenters. The van der Waals surface area contributed by atoms with E-state index in [2.05, 4.69) is 36.1 Å². The minimum atomic E-state index is -4.66. The van der Waals surface area contributed by atoms with Gasteiger partial charge in [-0.25, -0.2) is 0 Å². The van der Waals surface area contributed by atoms with Gasteiger partial charge in [-0.1, -0.05) is 35.9 Å². The lowest BCUT2D eigenvalue weighted by atomic mass is 9.85. The van der Waals surface area contributed by atoms with Crippen molar-refractivity contribution in [1.29, 1.82) is 0 Å². The van der Waals surface area contributed by atoms with Crippen molar-refractivity contribution in [2.75, 3.05) is 6.54 Å². The molecule has 2 aromatic carbocycles. The number of hydrogen-bond donors (Lipinski definition) is 1. The van der Waals surface area contributed by atoms with Gasteiger partial charge in [0.05, 0.1) is 28.4 Å². The Labute approximate surface area is 220 Å². The van der Waals surface area contributed by atoms with Crippen molar-refractivity contribution in [3.8, 4) is 11.1 Å². The summed E-state index contributed by atoms with van der Waals surface area (Å²) in [4.78, 5) is 15.8. The summed E-state index contributed by atoms with van der Waals surface area (Å²) >= 11 is 6.10. The summed E-state index contributed by atoms with van der Waals surface area (Å²) < 4.78 is 42.2. The first-order valence-electron chi connectivity index (χ1n) is 12.5. The Bertz CT molecular complexity index is 1270. The molecule has 0 saturated carbocycles. The maximum absolute atomic E-state index is 13.5. The molecule has 0 spiro atoms. The Hall–Kier alpha value is -2.84. The van der Waals surface area contributed by atoms with Gasteiger partial charge in [-0.05, 0) is 76.4 Å². The van der Waals surface area contributed by atoms with Crippen LogP contribution in [0.15, 0.2) is 54.9 Å². The van der Waals surface area contributed by atoms with Crippen LogP contribution in [0.1, 0.15) is 68.1 Å². The van der Waals surface area contributed by atoms with E-state index >= 15 is 0 Å². The third-order valence-electron chi connectivity index (χ3n) is 7.33. The lowest BCUT2D eigenvalue weighted by Gasteiger charge is -2.45. The topological polar surface area (TPSA) is 50.2 Å². The van der Waals surface area contributed by atoms with Crippen molar-refractivity contribution in [2.24, 2.45) is 0 Å². The first-order valence-corrected chi connectivity index (χ1v) is 12.9. The second-order valence-electron chi connectivity index (χ2n) is 10.1. The number of amides is 1. The van der Waals surface area contributed by atoms with Crippen LogP contribution in [0.4, 0.5) is 13.2 Å². The highest BCUT2D eigenvalue weighted by atomic mass is 35.5. The fraction of sp³-hybridized carbons (Fsp3) is 0.429. The highest BCUT2D eigenvalue weighted by molar-refractivity contribution is 6.34. The van der Waals surface area contributed by atoms with Gasteiger partial charge in [-0.15, -0.1) is 0 Å². The number of nitrogens with zero attached hydrogens (tertiary/aromatic N) is 3. The van der Waals surface area contributed by atoms with Crippen LogP contribution in [0.5, 0.6) is 0 Å². The molecule has 9 heteroatoms. The van der Waals surface area contributed by atoms with Gasteiger partial charge < -0.3 is 5.32 Å². The highest BCUT2D eigenvalue weighted by Gasteiger charge is 2.42. The van der Waals surface area contributed by atoms with E-state index in [-0.39, 0.29) is 5.56 Å². The molecule has 2 atom stereocenters. The van der Waals surface area contributed by atoms with Crippen LogP contribution < -0.4 is 5.32 Å². The summed E-state index contributed by atoms with van der Waals surface area (Å²) in [6.07, 6.45) is 1.18. The van der Waals surface area contributed by atoms with Gasteiger partial charge in [0.15, 0.2) is 0 Å². The third-order valence-corrected chi connectivity index (χ3v) is 7.74. The smallest absolute Gasteiger partial charge is 0.343 e. The lowest BCUT2D eigenvalue weighted by molar-refractivity contribution is -0.137. The summed E-state index contributed by atoms with van der Waals surface area (Å²) in [5, 5.41) is 6.82. The monoisotopic (exact) mass is 532 g/mol. The molecule has 4 rings (SSSR count). The Morgan fingerprint density at radius 2 is 1.92 bits per heavy atom. The number of aryl methyl sites for hydroxylation is 1. The van der Waals surface area contributed by atoms with E-state index in [0.717, 1.165) is 48.7 Å². The van der Waals surface area contributed by atoms with E-state index < -0.39 is 34.3 Å². The number of aromatic nitrogens is 2. The standard InChI is InChI=1S/C28H32ClF3N4O/c1-5-35-17-21(16-33-35)19-10-6-11-20(15-19)25(27(3,4)36-14-8-9-18(36)2)34-26(37)22-12-7-13-23(24(22)29)28(30,31)32/h6-7,10-13,15-18,25H,5,8-9,14H2,1-4H3,(H,34,37). The van der Waals surface area contributed by atoms with Crippen LogP contribution in [0, 0.1) is 0 Å². The molecule has 1 fully saturated rings. The molecule has 1 aliphatic heterocycles. The molecular formula is C28H32ClF3N4O. The largest absolute Gasteiger partial charge is 0.417 e. The second-order valence-corrected chi connectivity index (χ2v) is 10.5. The Balaban J connectivity index is 1.75. The predicted octanol–water partition coefficient (Wildman–Crippen LogP) is 6.98. The van der Waals surface area contributed by atoms with Crippen molar-refractivity contribution in [3.63, 3.8) is 0 Å². The number of rotatable bonds is 7. The SMILES string of the molecule is CCn1cc(-c2cccc(C(NC(=O)c3cccc(C(F)(F)F)c3Cl)C(C)(C)N3CCCC3C)c2)cn1. The molecule has 0 radical (unpaired) electrons. The number of carbonyl (C=O) groups is 1. The molecule has 198 valence electrons. The number of hydrogen-bond acceptors (Lipinski definition) is 3. The summed E-state index contributed by atoms with van der Waals surface area (Å²) in [6, 6.07) is 11.1. The zero-order valence-corrected chi connectivity index (χ0v) is 22.2. The highest BCUT2D eigenvalue weighted by Crippen LogP contribution is 2.39. The molecular weight excluding hydrogens is 501 g/mol. The van der Waals surface area contributed by atoms with Crippen LogP contribution in [0.25, 0.3) is 11.1 Å². The molecule has 2 heterocycles. The van der Waals surface area contributed by atoms with Gasteiger partial charge in [0.25, 0.3) is 5.91 Å². The number of benzene rings is 2. The van der Waals surface area contributed by atoms with E-state index in [1.165, 1.54) is 12.1 Å². The maximum atomic E-state index is 13.5. The molecule has 1 aromatic heterocycles.